The van der Waals surface area contributed by atoms with E-state index >= 15 is 0 Å². The average Bonchev–Trinajstić information content (AvgIpc) is 2.28. The molecule has 0 heterocycles. The number of hydrogen-bond donors (Lipinski definition) is 1. The van der Waals surface area contributed by atoms with Gasteiger partial charge in [0.05, 0.1) is 26.4 Å². The number of methoxy groups -OCH3 is 3. The first-order chi connectivity index (χ1) is 7.53. The third-order valence-electron chi connectivity index (χ3n) is 2.46. The van der Waals surface area contributed by atoms with Gasteiger partial charge in [-0.15, -0.1) is 0 Å². The third kappa shape index (κ3) is 2.87. The zero-order valence-electron chi connectivity index (χ0n) is 10.2. The van der Waals surface area contributed by atoms with Gasteiger partial charge in [0.1, 0.15) is 11.5 Å². The Morgan fingerprint density at radius 1 is 1.06 bits per heavy atom. The Bertz CT molecular complexity index is 328. The highest BCUT2D eigenvalue weighted by Gasteiger charge is 2.22. The molecule has 90 valence electrons. The lowest BCUT2D eigenvalue weighted by Crippen LogP contribution is -2.37. The average molecular weight is 225 g/mol. The van der Waals surface area contributed by atoms with E-state index in [1.54, 1.807) is 21.3 Å². The van der Waals surface area contributed by atoms with Crippen LogP contribution in [0.2, 0.25) is 0 Å². The first kappa shape index (κ1) is 12.8. The Hall–Kier alpha value is -1.26. The van der Waals surface area contributed by atoms with Gasteiger partial charge < -0.3 is 19.9 Å². The van der Waals surface area contributed by atoms with Gasteiger partial charge in [-0.1, -0.05) is 0 Å². The molecule has 1 atom stereocenters. The van der Waals surface area contributed by atoms with E-state index < -0.39 is 5.54 Å². The zero-order chi connectivity index (χ0) is 12.2. The van der Waals surface area contributed by atoms with E-state index in [2.05, 4.69) is 0 Å². The first-order valence-corrected chi connectivity index (χ1v) is 5.05. The highest BCUT2D eigenvalue weighted by atomic mass is 16.5. The van der Waals surface area contributed by atoms with Crippen LogP contribution in [0.25, 0.3) is 0 Å². The molecule has 1 aromatic rings. The molecule has 1 aromatic carbocycles. The molecule has 0 spiro atoms. The van der Waals surface area contributed by atoms with Crippen molar-refractivity contribution >= 4 is 0 Å². The first-order valence-electron chi connectivity index (χ1n) is 5.05. The van der Waals surface area contributed by atoms with Gasteiger partial charge in [-0.2, -0.15) is 0 Å². The number of hydrogen-bond acceptors (Lipinski definition) is 4. The molecule has 0 saturated heterocycles. The summed E-state index contributed by atoms with van der Waals surface area (Å²) in [5.74, 6) is 1.45. The Morgan fingerprint density at radius 2 is 1.56 bits per heavy atom. The summed E-state index contributed by atoms with van der Waals surface area (Å²) in [6.07, 6.45) is 0. The number of ether oxygens (including phenoxy) is 3. The fraction of sp³-hybridized carbons (Fsp3) is 0.500. The minimum Gasteiger partial charge on any atom is -0.497 e. The van der Waals surface area contributed by atoms with Gasteiger partial charge >= 0.3 is 0 Å². The van der Waals surface area contributed by atoms with Crippen molar-refractivity contribution in [2.45, 2.75) is 12.5 Å². The summed E-state index contributed by atoms with van der Waals surface area (Å²) in [6.45, 7) is 2.34. The minimum atomic E-state index is -0.559. The van der Waals surface area contributed by atoms with Crippen molar-refractivity contribution in [2.75, 3.05) is 27.9 Å². The molecule has 0 aliphatic rings. The minimum absolute atomic E-state index is 0.434. The summed E-state index contributed by atoms with van der Waals surface area (Å²) >= 11 is 0. The predicted molar refractivity (Wildman–Crippen MR) is 63.0 cm³/mol. The van der Waals surface area contributed by atoms with Crippen LogP contribution >= 0.6 is 0 Å². The van der Waals surface area contributed by atoms with E-state index in [9.17, 15) is 0 Å². The molecule has 0 bridgehead atoms. The second-order valence-electron chi connectivity index (χ2n) is 3.95. The van der Waals surface area contributed by atoms with E-state index in [4.69, 9.17) is 19.9 Å². The monoisotopic (exact) mass is 225 g/mol. The van der Waals surface area contributed by atoms with Crippen LogP contribution in [-0.4, -0.2) is 27.9 Å². The third-order valence-corrected chi connectivity index (χ3v) is 2.46. The smallest absolute Gasteiger partial charge is 0.122 e. The van der Waals surface area contributed by atoms with Gasteiger partial charge in [0.25, 0.3) is 0 Å². The molecule has 0 saturated carbocycles. The molecule has 0 fully saturated rings. The van der Waals surface area contributed by atoms with Crippen LogP contribution in [0.5, 0.6) is 11.5 Å². The maximum absolute atomic E-state index is 6.16. The molecule has 1 unspecified atom stereocenters. The van der Waals surface area contributed by atoms with Crippen LogP contribution in [0, 0.1) is 0 Å². The topological polar surface area (TPSA) is 53.7 Å². The molecular weight excluding hydrogens is 206 g/mol. The van der Waals surface area contributed by atoms with E-state index in [1.807, 2.05) is 25.1 Å². The molecule has 0 amide bonds. The van der Waals surface area contributed by atoms with Crippen LogP contribution in [0.15, 0.2) is 18.2 Å². The lowest BCUT2D eigenvalue weighted by Gasteiger charge is -2.25. The number of nitrogens with two attached hydrogens (primary N) is 1. The zero-order valence-corrected chi connectivity index (χ0v) is 10.2. The Kier molecular flexibility index (Phi) is 4.15. The Labute approximate surface area is 96.3 Å². The van der Waals surface area contributed by atoms with Crippen LogP contribution < -0.4 is 15.2 Å². The van der Waals surface area contributed by atoms with E-state index in [0.717, 1.165) is 17.1 Å². The van der Waals surface area contributed by atoms with Crippen molar-refractivity contribution in [1.82, 2.24) is 0 Å². The largest absolute Gasteiger partial charge is 0.497 e. The molecule has 2 N–H and O–H groups in total. The summed E-state index contributed by atoms with van der Waals surface area (Å²) in [6, 6.07) is 5.59. The molecule has 0 aliphatic carbocycles. The molecule has 0 aromatic heterocycles. The quantitative estimate of drug-likeness (QED) is 0.825. The fourth-order valence-electron chi connectivity index (χ4n) is 1.52. The molecular formula is C12H19NO3. The van der Waals surface area contributed by atoms with E-state index in [0.29, 0.717) is 6.61 Å². The standard InChI is InChI=1S/C12H19NO3/c1-12(13,8-14-2)9-5-10(15-3)7-11(6-9)16-4/h5-7H,8,13H2,1-4H3. The van der Waals surface area contributed by atoms with Gasteiger partial charge in [-0.25, -0.2) is 0 Å². The van der Waals surface area contributed by atoms with Crippen molar-refractivity contribution < 1.29 is 14.2 Å². The summed E-state index contributed by atoms with van der Waals surface area (Å²) in [5, 5.41) is 0. The van der Waals surface area contributed by atoms with Crippen molar-refractivity contribution in [2.24, 2.45) is 5.73 Å². The summed E-state index contributed by atoms with van der Waals surface area (Å²) < 4.78 is 15.5. The van der Waals surface area contributed by atoms with Crippen molar-refractivity contribution in [3.8, 4) is 11.5 Å². The summed E-state index contributed by atoms with van der Waals surface area (Å²) in [5.41, 5.74) is 6.52. The lowest BCUT2D eigenvalue weighted by atomic mass is 9.94. The van der Waals surface area contributed by atoms with Gasteiger partial charge in [-0.3, -0.25) is 0 Å². The van der Waals surface area contributed by atoms with Crippen LogP contribution in [0.4, 0.5) is 0 Å². The van der Waals surface area contributed by atoms with E-state index in [1.165, 1.54) is 0 Å². The van der Waals surface area contributed by atoms with Gasteiger partial charge in [0, 0.05) is 13.2 Å². The van der Waals surface area contributed by atoms with Gasteiger partial charge in [0.15, 0.2) is 0 Å². The van der Waals surface area contributed by atoms with Gasteiger partial charge in [0.2, 0.25) is 0 Å². The van der Waals surface area contributed by atoms with Crippen LogP contribution in [-0.2, 0) is 10.3 Å². The molecule has 4 nitrogen and oxygen atoms in total. The Balaban J connectivity index is 3.11. The molecule has 4 heteroatoms. The highest BCUT2D eigenvalue weighted by molar-refractivity contribution is 5.41. The number of benzene rings is 1. The van der Waals surface area contributed by atoms with E-state index in [-0.39, 0.29) is 0 Å². The second kappa shape index (κ2) is 5.18. The Morgan fingerprint density at radius 3 is 1.94 bits per heavy atom. The predicted octanol–water partition coefficient (Wildman–Crippen LogP) is 1.52. The number of rotatable bonds is 5. The maximum atomic E-state index is 6.16. The summed E-state index contributed by atoms with van der Waals surface area (Å²) in [7, 11) is 4.86. The SMILES string of the molecule is COCC(C)(N)c1cc(OC)cc(OC)c1. The molecule has 16 heavy (non-hydrogen) atoms. The van der Waals surface area contributed by atoms with Crippen molar-refractivity contribution in [3.63, 3.8) is 0 Å². The maximum Gasteiger partial charge on any atom is 0.122 e. The molecule has 0 radical (unpaired) electrons. The fourth-order valence-corrected chi connectivity index (χ4v) is 1.52. The molecule has 1 rings (SSSR count). The van der Waals surface area contributed by atoms with Crippen molar-refractivity contribution in [3.05, 3.63) is 23.8 Å². The van der Waals surface area contributed by atoms with Crippen LogP contribution in [0.1, 0.15) is 12.5 Å². The lowest BCUT2D eigenvalue weighted by molar-refractivity contribution is 0.140. The highest BCUT2D eigenvalue weighted by Crippen LogP contribution is 2.28. The molecule has 0 aliphatic heterocycles. The van der Waals surface area contributed by atoms with Gasteiger partial charge in [-0.05, 0) is 24.6 Å². The normalized spacial score (nSPS) is 14.3. The summed E-state index contributed by atoms with van der Waals surface area (Å²) in [4.78, 5) is 0. The van der Waals surface area contributed by atoms with Crippen LogP contribution in [0.3, 0.4) is 0 Å². The second-order valence-corrected chi connectivity index (χ2v) is 3.95. The van der Waals surface area contributed by atoms with Crippen molar-refractivity contribution in [1.29, 1.82) is 0 Å².